The third-order valence-corrected chi connectivity index (χ3v) is 3.21. The van der Waals surface area contributed by atoms with Gasteiger partial charge in [-0.05, 0) is 12.0 Å². The van der Waals surface area contributed by atoms with Gasteiger partial charge in [0, 0.05) is 24.0 Å². The van der Waals surface area contributed by atoms with Crippen LogP contribution in [-0.2, 0) is 11.2 Å². The SMILES string of the molecule is CCCC(=O)Cc1ccccc1C(=O)c1ccccc1. The van der Waals surface area contributed by atoms with Crippen molar-refractivity contribution in [2.75, 3.05) is 0 Å². The van der Waals surface area contributed by atoms with Gasteiger partial charge in [0.15, 0.2) is 5.78 Å². The quantitative estimate of drug-likeness (QED) is 0.745. The van der Waals surface area contributed by atoms with E-state index in [0.29, 0.717) is 24.0 Å². The molecule has 0 unspecified atom stereocenters. The molecule has 2 aromatic rings. The predicted molar refractivity (Wildman–Crippen MR) is 79.9 cm³/mol. The highest BCUT2D eigenvalue weighted by molar-refractivity contribution is 6.10. The molecule has 0 atom stereocenters. The Bertz CT molecular complexity index is 600. The van der Waals surface area contributed by atoms with E-state index in [1.165, 1.54) is 0 Å². The van der Waals surface area contributed by atoms with E-state index in [1.54, 1.807) is 18.2 Å². The lowest BCUT2D eigenvalue weighted by Gasteiger charge is -2.08. The van der Waals surface area contributed by atoms with E-state index in [9.17, 15) is 9.59 Å². The second-order valence-corrected chi connectivity index (χ2v) is 4.82. The Morgan fingerprint density at radius 3 is 2.25 bits per heavy atom. The zero-order chi connectivity index (χ0) is 14.4. The summed E-state index contributed by atoms with van der Waals surface area (Å²) in [6.45, 7) is 1.99. The van der Waals surface area contributed by atoms with Crippen LogP contribution in [0.1, 0.15) is 41.3 Å². The van der Waals surface area contributed by atoms with Gasteiger partial charge in [-0.3, -0.25) is 9.59 Å². The summed E-state index contributed by atoms with van der Waals surface area (Å²) in [4.78, 5) is 24.3. The van der Waals surface area contributed by atoms with Crippen LogP contribution in [0.15, 0.2) is 54.6 Å². The minimum Gasteiger partial charge on any atom is -0.299 e. The van der Waals surface area contributed by atoms with Crippen molar-refractivity contribution >= 4 is 11.6 Å². The van der Waals surface area contributed by atoms with Gasteiger partial charge in [0.2, 0.25) is 0 Å². The first-order valence-electron chi connectivity index (χ1n) is 6.91. The highest BCUT2D eigenvalue weighted by Gasteiger charge is 2.14. The molecule has 0 aliphatic heterocycles. The van der Waals surface area contributed by atoms with Gasteiger partial charge >= 0.3 is 0 Å². The Hall–Kier alpha value is -2.22. The second kappa shape index (κ2) is 6.80. The molecule has 20 heavy (non-hydrogen) atoms. The summed E-state index contributed by atoms with van der Waals surface area (Å²) in [6, 6.07) is 16.5. The summed E-state index contributed by atoms with van der Waals surface area (Å²) < 4.78 is 0. The van der Waals surface area contributed by atoms with E-state index in [1.807, 2.05) is 43.3 Å². The summed E-state index contributed by atoms with van der Waals surface area (Å²) in [6.07, 6.45) is 1.74. The first-order valence-corrected chi connectivity index (χ1v) is 6.91. The van der Waals surface area contributed by atoms with Gasteiger partial charge in [-0.15, -0.1) is 0 Å². The van der Waals surface area contributed by atoms with Gasteiger partial charge in [0.1, 0.15) is 5.78 Å². The lowest BCUT2D eigenvalue weighted by Crippen LogP contribution is -2.09. The minimum atomic E-state index is -0.0227. The van der Waals surface area contributed by atoms with E-state index in [0.717, 1.165) is 12.0 Å². The molecule has 0 fully saturated rings. The van der Waals surface area contributed by atoms with Crippen LogP contribution in [-0.4, -0.2) is 11.6 Å². The van der Waals surface area contributed by atoms with Crippen molar-refractivity contribution in [3.05, 3.63) is 71.3 Å². The van der Waals surface area contributed by atoms with Crippen molar-refractivity contribution < 1.29 is 9.59 Å². The van der Waals surface area contributed by atoms with Crippen LogP contribution in [0.25, 0.3) is 0 Å². The Labute approximate surface area is 119 Å². The molecule has 0 aliphatic rings. The largest absolute Gasteiger partial charge is 0.299 e. The molecule has 0 saturated carbocycles. The Morgan fingerprint density at radius 2 is 1.55 bits per heavy atom. The number of Topliss-reactive ketones (excluding diaryl/α,β-unsaturated/α-hetero) is 1. The fourth-order valence-corrected chi connectivity index (χ4v) is 2.22. The predicted octanol–water partition coefficient (Wildman–Crippen LogP) is 3.83. The van der Waals surface area contributed by atoms with Crippen LogP contribution < -0.4 is 0 Å². The first kappa shape index (κ1) is 14.2. The molecule has 2 aromatic carbocycles. The van der Waals surface area contributed by atoms with Gasteiger partial charge < -0.3 is 0 Å². The van der Waals surface area contributed by atoms with E-state index in [-0.39, 0.29) is 11.6 Å². The third-order valence-electron chi connectivity index (χ3n) is 3.21. The molecule has 0 radical (unpaired) electrons. The van der Waals surface area contributed by atoms with Crippen LogP contribution in [0.3, 0.4) is 0 Å². The lowest BCUT2D eigenvalue weighted by molar-refractivity contribution is -0.118. The van der Waals surface area contributed by atoms with Crippen LogP contribution in [0.2, 0.25) is 0 Å². The standard InChI is InChI=1S/C18H18O2/c1-2-8-16(19)13-15-11-6-7-12-17(15)18(20)14-9-4-3-5-10-14/h3-7,9-12H,2,8,13H2,1H3. The maximum absolute atomic E-state index is 12.5. The summed E-state index contributed by atoms with van der Waals surface area (Å²) in [5.41, 5.74) is 2.10. The molecule has 0 saturated heterocycles. The van der Waals surface area contributed by atoms with Crippen molar-refractivity contribution in [2.45, 2.75) is 26.2 Å². The number of hydrogen-bond donors (Lipinski definition) is 0. The Morgan fingerprint density at radius 1 is 0.900 bits per heavy atom. The van der Waals surface area contributed by atoms with Gasteiger partial charge in [0.05, 0.1) is 0 Å². The molecule has 0 heterocycles. The fraction of sp³-hybridized carbons (Fsp3) is 0.222. The smallest absolute Gasteiger partial charge is 0.193 e. The summed E-state index contributed by atoms with van der Waals surface area (Å²) in [7, 11) is 0. The Kier molecular flexibility index (Phi) is 4.83. The molecule has 102 valence electrons. The highest BCUT2D eigenvalue weighted by atomic mass is 16.1. The average molecular weight is 266 g/mol. The molecule has 0 amide bonds. The summed E-state index contributed by atoms with van der Waals surface area (Å²) in [5, 5.41) is 0. The molecule has 0 aliphatic carbocycles. The zero-order valence-corrected chi connectivity index (χ0v) is 11.6. The van der Waals surface area contributed by atoms with E-state index >= 15 is 0 Å². The average Bonchev–Trinajstić information content (AvgIpc) is 2.48. The van der Waals surface area contributed by atoms with Crippen molar-refractivity contribution in [3.8, 4) is 0 Å². The summed E-state index contributed by atoms with van der Waals surface area (Å²) in [5.74, 6) is 0.159. The van der Waals surface area contributed by atoms with Crippen LogP contribution in [0.5, 0.6) is 0 Å². The van der Waals surface area contributed by atoms with Crippen LogP contribution in [0.4, 0.5) is 0 Å². The number of carbonyl (C=O) groups excluding carboxylic acids is 2. The van der Waals surface area contributed by atoms with Gasteiger partial charge in [-0.25, -0.2) is 0 Å². The fourth-order valence-electron chi connectivity index (χ4n) is 2.22. The van der Waals surface area contributed by atoms with E-state index in [2.05, 4.69) is 0 Å². The maximum atomic E-state index is 12.5. The number of carbonyl (C=O) groups is 2. The first-order chi connectivity index (χ1) is 9.72. The van der Waals surface area contributed by atoms with Crippen LogP contribution in [0, 0.1) is 0 Å². The minimum absolute atomic E-state index is 0.0227. The van der Waals surface area contributed by atoms with Crippen LogP contribution >= 0.6 is 0 Å². The van der Waals surface area contributed by atoms with Crippen molar-refractivity contribution in [2.24, 2.45) is 0 Å². The van der Waals surface area contributed by atoms with E-state index < -0.39 is 0 Å². The molecule has 0 spiro atoms. The third kappa shape index (κ3) is 3.41. The topological polar surface area (TPSA) is 34.1 Å². The summed E-state index contributed by atoms with van der Waals surface area (Å²) >= 11 is 0. The Balaban J connectivity index is 2.28. The monoisotopic (exact) mass is 266 g/mol. The zero-order valence-electron chi connectivity index (χ0n) is 11.6. The molecule has 2 heteroatoms. The second-order valence-electron chi connectivity index (χ2n) is 4.82. The normalized spacial score (nSPS) is 10.2. The molecule has 0 aromatic heterocycles. The van der Waals surface area contributed by atoms with Crippen molar-refractivity contribution in [1.29, 1.82) is 0 Å². The number of hydrogen-bond acceptors (Lipinski definition) is 2. The number of benzene rings is 2. The van der Waals surface area contributed by atoms with Gasteiger partial charge in [0.25, 0.3) is 0 Å². The van der Waals surface area contributed by atoms with Crippen molar-refractivity contribution in [3.63, 3.8) is 0 Å². The van der Waals surface area contributed by atoms with Crippen molar-refractivity contribution in [1.82, 2.24) is 0 Å². The maximum Gasteiger partial charge on any atom is 0.193 e. The van der Waals surface area contributed by atoms with Gasteiger partial charge in [-0.1, -0.05) is 61.5 Å². The molecule has 2 nitrogen and oxygen atoms in total. The lowest BCUT2D eigenvalue weighted by atomic mass is 9.95. The molecule has 0 bridgehead atoms. The van der Waals surface area contributed by atoms with E-state index in [4.69, 9.17) is 0 Å². The molecule has 0 N–H and O–H groups in total. The molecular formula is C18H18O2. The van der Waals surface area contributed by atoms with Gasteiger partial charge in [-0.2, -0.15) is 0 Å². The number of ketones is 2. The number of rotatable bonds is 6. The molecular weight excluding hydrogens is 248 g/mol. The molecule has 2 rings (SSSR count). The highest BCUT2D eigenvalue weighted by Crippen LogP contribution is 2.16.